The highest BCUT2D eigenvalue weighted by molar-refractivity contribution is 5.91. The number of hydrogen-bond acceptors (Lipinski definition) is 1. The molecule has 3 aromatic rings. The predicted octanol–water partition coefficient (Wildman–Crippen LogP) is 4.56. The van der Waals surface area contributed by atoms with Crippen LogP contribution in [-0.4, -0.2) is 9.97 Å². The van der Waals surface area contributed by atoms with E-state index in [1.165, 1.54) is 12.1 Å². The molecule has 0 aliphatic rings. The van der Waals surface area contributed by atoms with Crippen LogP contribution in [0.15, 0.2) is 42.5 Å². The lowest BCUT2D eigenvalue weighted by Crippen LogP contribution is -2.03. The number of nitrogens with one attached hydrogen (secondary N) is 1. The lowest BCUT2D eigenvalue weighted by molar-refractivity contribution is -0.137. The molecule has 2 aromatic carbocycles. The third-order valence-electron chi connectivity index (χ3n) is 3.15. The van der Waals surface area contributed by atoms with Crippen molar-refractivity contribution in [1.29, 1.82) is 0 Å². The Balaban J connectivity index is 2.11. The molecule has 0 atom stereocenters. The molecule has 2 nitrogen and oxygen atoms in total. The number of halogens is 3. The van der Waals surface area contributed by atoms with Gasteiger partial charge in [0.15, 0.2) is 0 Å². The van der Waals surface area contributed by atoms with Gasteiger partial charge in [-0.1, -0.05) is 24.3 Å². The smallest absolute Gasteiger partial charge is 0.342 e. The van der Waals surface area contributed by atoms with Crippen molar-refractivity contribution >= 4 is 11.0 Å². The van der Waals surface area contributed by atoms with Crippen molar-refractivity contribution < 1.29 is 13.2 Å². The van der Waals surface area contributed by atoms with Crippen LogP contribution in [0.4, 0.5) is 13.2 Å². The predicted molar refractivity (Wildman–Crippen MR) is 71.3 cm³/mol. The van der Waals surface area contributed by atoms with Gasteiger partial charge in [0, 0.05) is 5.56 Å². The molecular weight excluding hydrogens is 265 g/mol. The van der Waals surface area contributed by atoms with Crippen LogP contribution in [0.3, 0.4) is 0 Å². The number of fused-ring (bicyclic) bond motifs is 1. The molecule has 20 heavy (non-hydrogen) atoms. The molecule has 0 aliphatic carbocycles. The Morgan fingerprint density at radius 1 is 1.00 bits per heavy atom. The van der Waals surface area contributed by atoms with Crippen LogP contribution in [0.25, 0.3) is 22.2 Å². The first-order chi connectivity index (χ1) is 9.45. The summed E-state index contributed by atoms with van der Waals surface area (Å²) in [7, 11) is 0. The van der Waals surface area contributed by atoms with Crippen LogP contribution < -0.4 is 0 Å². The van der Waals surface area contributed by atoms with Gasteiger partial charge in [-0.15, -0.1) is 0 Å². The molecule has 0 fully saturated rings. The normalized spacial score (nSPS) is 12.0. The molecule has 0 radical (unpaired) electrons. The number of aromatic amines is 1. The van der Waals surface area contributed by atoms with Gasteiger partial charge in [0.1, 0.15) is 5.82 Å². The molecule has 0 saturated heterocycles. The quantitative estimate of drug-likeness (QED) is 0.693. The third-order valence-corrected chi connectivity index (χ3v) is 3.15. The molecule has 5 heteroatoms. The van der Waals surface area contributed by atoms with Crippen LogP contribution in [0.1, 0.15) is 11.4 Å². The summed E-state index contributed by atoms with van der Waals surface area (Å²) in [4.78, 5) is 7.50. The highest BCUT2D eigenvalue weighted by atomic mass is 19.4. The third kappa shape index (κ3) is 2.15. The van der Waals surface area contributed by atoms with Crippen molar-refractivity contribution in [2.75, 3.05) is 0 Å². The maximum atomic E-state index is 12.6. The Kier molecular flexibility index (Phi) is 2.78. The van der Waals surface area contributed by atoms with Gasteiger partial charge in [0.05, 0.1) is 16.6 Å². The van der Waals surface area contributed by atoms with Crippen LogP contribution in [0.2, 0.25) is 0 Å². The Morgan fingerprint density at radius 3 is 2.35 bits per heavy atom. The molecule has 0 amide bonds. The maximum Gasteiger partial charge on any atom is 0.416 e. The summed E-state index contributed by atoms with van der Waals surface area (Å²) >= 11 is 0. The lowest BCUT2D eigenvalue weighted by atomic mass is 10.0. The van der Waals surface area contributed by atoms with E-state index in [0.717, 1.165) is 40.1 Å². The average molecular weight is 276 g/mol. The van der Waals surface area contributed by atoms with Crippen molar-refractivity contribution in [3.8, 4) is 11.1 Å². The van der Waals surface area contributed by atoms with Gasteiger partial charge < -0.3 is 4.98 Å². The number of para-hydroxylation sites is 1. The minimum atomic E-state index is -4.31. The van der Waals surface area contributed by atoms with Gasteiger partial charge in [-0.3, -0.25) is 0 Å². The average Bonchev–Trinajstić information content (AvgIpc) is 2.78. The molecule has 102 valence electrons. The monoisotopic (exact) mass is 276 g/mol. The van der Waals surface area contributed by atoms with Crippen LogP contribution in [0, 0.1) is 6.92 Å². The van der Waals surface area contributed by atoms with Crippen molar-refractivity contribution in [3.05, 3.63) is 53.9 Å². The summed E-state index contributed by atoms with van der Waals surface area (Å²) in [6.07, 6.45) is -4.31. The summed E-state index contributed by atoms with van der Waals surface area (Å²) in [6, 6.07) is 10.7. The molecular formula is C15H11F3N2. The van der Waals surface area contributed by atoms with E-state index in [4.69, 9.17) is 0 Å². The molecule has 1 N–H and O–H groups in total. The van der Waals surface area contributed by atoms with E-state index in [0.29, 0.717) is 0 Å². The van der Waals surface area contributed by atoms with Gasteiger partial charge in [0.2, 0.25) is 0 Å². The van der Waals surface area contributed by atoms with Gasteiger partial charge >= 0.3 is 6.18 Å². The Bertz CT molecular complexity index is 755. The minimum Gasteiger partial charge on any atom is -0.342 e. The van der Waals surface area contributed by atoms with Gasteiger partial charge in [-0.05, 0) is 30.7 Å². The standard InChI is InChI=1S/C15H11F3N2/c1-9-19-13-4-2-3-12(14(13)20-9)10-5-7-11(8-6-10)15(16,17)18/h2-8H,1H3,(H,19,20). The number of H-pyrrole nitrogens is 1. The summed E-state index contributed by atoms with van der Waals surface area (Å²) in [5.74, 6) is 0.777. The molecule has 0 saturated carbocycles. The van der Waals surface area contributed by atoms with Crippen LogP contribution >= 0.6 is 0 Å². The molecule has 3 rings (SSSR count). The highest BCUT2D eigenvalue weighted by Crippen LogP contribution is 2.32. The number of aryl methyl sites for hydroxylation is 1. The zero-order valence-corrected chi connectivity index (χ0v) is 10.6. The second-order valence-electron chi connectivity index (χ2n) is 4.60. The fraction of sp³-hybridized carbons (Fsp3) is 0.133. The second-order valence-corrected chi connectivity index (χ2v) is 4.60. The Hall–Kier alpha value is -2.30. The number of rotatable bonds is 1. The summed E-state index contributed by atoms with van der Waals surface area (Å²) in [5.41, 5.74) is 2.53. The van der Waals surface area contributed by atoms with Crippen molar-refractivity contribution in [1.82, 2.24) is 9.97 Å². The number of alkyl halides is 3. The van der Waals surface area contributed by atoms with E-state index in [-0.39, 0.29) is 0 Å². The zero-order chi connectivity index (χ0) is 14.3. The first-order valence-electron chi connectivity index (χ1n) is 6.08. The topological polar surface area (TPSA) is 28.7 Å². The van der Waals surface area contributed by atoms with Gasteiger partial charge in [-0.2, -0.15) is 13.2 Å². The number of aromatic nitrogens is 2. The first kappa shape index (κ1) is 12.7. The lowest BCUT2D eigenvalue weighted by Gasteiger charge is -2.08. The van der Waals surface area contributed by atoms with Gasteiger partial charge in [-0.25, -0.2) is 4.98 Å². The first-order valence-corrected chi connectivity index (χ1v) is 6.08. The largest absolute Gasteiger partial charge is 0.416 e. The van der Waals surface area contributed by atoms with E-state index < -0.39 is 11.7 Å². The highest BCUT2D eigenvalue weighted by Gasteiger charge is 2.30. The second kappa shape index (κ2) is 4.37. The SMILES string of the molecule is Cc1nc2c(-c3ccc(C(F)(F)F)cc3)cccc2[nH]1. The van der Waals surface area contributed by atoms with E-state index in [9.17, 15) is 13.2 Å². The molecule has 0 aliphatic heterocycles. The molecule has 1 heterocycles. The fourth-order valence-corrected chi connectivity index (χ4v) is 2.23. The van der Waals surface area contributed by atoms with Crippen molar-refractivity contribution in [3.63, 3.8) is 0 Å². The molecule has 0 unspecified atom stereocenters. The van der Waals surface area contributed by atoms with E-state index in [1.54, 1.807) is 0 Å². The summed E-state index contributed by atoms with van der Waals surface area (Å²) in [5, 5.41) is 0. The van der Waals surface area contributed by atoms with Crippen molar-refractivity contribution in [2.24, 2.45) is 0 Å². The summed E-state index contributed by atoms with van der Waals surface area (Å²) < 4.78 is 37.7. The molecule has 0 bridgehead atoms. The number of imidazole rings is 1. The van der Waals surface area contributed by atoms with Crippen LogP contribution in [0.5, 0.6) is 0 Å². The number of hydrogen-bond donors (Lipinski definition) is 1. The molecule has 1 aromatic heterocycles. The molecule has 0 spiro atoms. The van der Waals surface area contributed by atoms with E-state index in [1.807, 2.05) is 25.1 Å². The van der Waals surface area contributed by atoms with Crippen LogP contribution in [-0.2, 0) is 6.18 Å². The maximum absolute atomic E-state index is 12.6. The Labute approximate surface area is 113 Å². The van der Waals surface area contributed by atoms with E-state index in [2.05, 4.69) is 9.97 Å². The fourth-order valence-electron chi connectivity index (χ4n) is 2.23. The minimum absolute atomic E-state index is 0.647. The summed E-state index contributed by atoms with van der Waals surface area (Å²) in [6.45, 7) is 1.84. The number of nitrogens with zero attached hydrogens (tertiary/aromatic N) is 1. The number of benzene rings is 2. The van der Waals surface area contributed by atoms with E-state index >= 15 is 0 Å². The van der Waals surface area contributed by atoms with Gasteiger partial charge in [0.25, 0.3) is 0 Å². The Morgan fingerprint density at radius 2 is 1.70 bits per heavy atom. The zero-order valence-electron chi connectivity index (χ0n) is 10.6. The van der Waals surface area contributed by atoms with Crippen molar-refractivity contribution in [2.45, 2.75) is 13.1 Å².